The van der Waals surface area contributed by atoms with Crippen molar-refractivity contribution in [3.63, 3.8) is 0 Å². The van der Waals surface area contributed by atoms with Crippen molar-refractivity contribution in [1.82, 2.24) is 4.98 Å². The highest BCUT2D eigenvalue weighted by Crippen LogP contribution is 2.37. The van der Waals surface area contributed by atoms with E-state index >= 15 is 0 Å². The third kappa shape index (κ3) is 2.81. The van der Waals surface area contributed by atoms with E-state index in [-0.39, 0.29) is 6.42 Å². The number of halogens is 2. The first-order valence-electron chi connectivity index (χ1n) is 5.51. The van der Waals surface area contributed by atoms with Crippen molar-refractivity contribution in [3.05, 3.63) is 46.1 Å². The van der Waals surface area contributed by atoms with Crippen LogP contribution in [0, 0.1) is 11.3 Å². The van der Waals surface area contributed by atoms with Crippen molar-refractivity contribution < 1.29 is 4.74 Å². The second-order valence-corrected chi connectivity index (χ2v) is 4.66. The number of benzene rings is 1. The second-order valence-electron chi connectivity index (χ2n) is 3.81. The van der Waals surface area contributed by atoms with Crippen LogP contribution in [0.4, 0.5) is 0 Å². The molecule has 0 saturated carbocycles. The van der Waals surface area contributed by atoms with Gasteiger partial charge in [0, 0.05) is 22.3 Å². The molecule has 0 spiro atoms. The molecule has 0 atom stereocenters. The molecule has 0 aliphatic rings. The normalized spacial score (nSPS) is 10.0. The van der Waals surface area contributed by atoms with Crippen molar-refractivity contribution in [1.29, 1.82) is 5.26 Å². The quantitative estimate of drug-likeness (QED) is 0.854. The standard InChI is InChI=1S/C14H10Cl2N2O/c1-19-14-13(9(4-6-17)5-7-18-14)11-3-2-10(15)8-12(11)16/h2-3,5,7-8H,4H2,1H3. The van der Waals surface area contributed by atoms with Crippen molar-refractivity contribution in [3.8, 4) is 23.1 Å². The van der Waals surface area contributed by atoms with E-state index in [1.807, 2.05) is 0 Å². The molecule has 1 aromatic heterocycles. The average Bonchev–Trinajstić information content (AvgIpc) is 2.39. The van der Waals surface area contributed by atoms with Crippen LogP contribution >= 0.6 is 23.2 Å². The van der Waals surface area contributed by atoms with Crippen LogP contribution in [0.3, 0.4) is 0 Å². The van der Waals surface area contributed by atoms with Crippen molar-refractivity contribution in [2.75, 3.05) is 7.11 Å². The van der Waals surface area contributed by atoms with Crippen LogP contribution in [0.25, 0.3) is 11.1 Å². The Bertz CT molecular complexity index is 650. The van der Waals surface area contributed by atoms with Gasteiger partial charge in [0.2, 0.25) is 5.88 Å². The minimum Gasteiger partial charge on any atom is -0.481 e. The molecule has 1 heterocycles. The average molecular weight is 293 g/mol. The maximum absolute atomic E-state index is 8.90. The van der Waals surface area contributed by atoms with Gasteiger partial charge in [-0.2, -0.15) is 5.26 Å². The monoisotopic (exact) mass is 292 g/mol. The molecule has 0 fully saturated rings. The molecule has 0 radical (unpaired) electrons. The zero-order valence-corrected chi connectivity index (χ0v) is 11.7. The molecule has 2 rings (SSSR count). The predicted molar refractivity (Wildman–Crippen MR) is 75.6 cm³/mol. The van der Waals surface area contributed by atoms with Gasteiger partial charge in [-0.15, -0.1) is 0 Å². The molecule has 2 aromatic rings. The first-order chi connectivity index (χ1) is 9.17. The van der Waals surface area contributed by atoms with Crippen LogP contribution in [-0.4, -0.2) is 12.1 Å². The van der Waals surface area contributed by atoms with Crippen LogP contribution < -0.4 is 4.74 Å². The van der Waals surface area contributed by atoms with Crippen LogP contribution in [-0.2, 0) is 6.42 Å². The van der Waals surface area contributed by atoms with E-state index < -0.39 is 0 Å². The molecule has 96 valence electrons. The van der Waals surface area contributed by atoms with Crippen LogP contribution in [0.15, 0.2) is 30.5 Å². The summed E-state index contributed by atoms with van der Waals surface area (Å²) in [5, 5.41) is 9.95. The Kier molecular flexibility index (Phi) is 4.26. The Morgan fingerprint density at radius 3 is 2.74 bits per heavy atom. The minimum atomic E-state index is 0.257. The predicted octanol–water partition coefficient (Wildman–Crippen LogP) is 4.13. The lowest BCUT2D eigenvalue weighted by Crippen LogP contribution is -1.97. The second kappa shape index (κ2) is 5.92. The summed E-state index contributed by atoms with van der Waals surface area (Å²) in [6.45, 7) is 0. The molecule has 5 heteroatoms. The molecule has 19 heavy (non-hydrogen) atoms. The first-order valence-corrected chi connectivity index (χ1v) is 6.27. The van der Waals surface area contributed by atoms with Gasteiger partial charge in [-0.05, 0) is 23.8 Å². The number of aromatic nitrogens is 1. The highest BCUT2D eigenvalue weighted by molar-refractivity contribution is 6.36. The van der Waals surface area contributed by atoms with Gasteiger partial charge in [0.05, 0.1) is 24.6 Å². The van der Waals surface area contributed by atoms with Crippen LogP contribution in [0.2, 0.25) is 10.0 Å². The fourth-order valence-electron chi connectivity index (χ4n) is 1.85. The summed E-state index contributed by atoms with van der Waals surface area (Å²) in [7, 11) is 1.53. The lowest BCUT2D eigenvalue weighted by Gasteiger charge is -2.12. The van der Waals surface area contributed by atoms with Crippen molar-refractivity contribution in [2.24, 2.45) is 0 Å². The van der Waals surface area contributed by atoms with Gasteiger partial charge in [0.1, 0.15) is 0 Å². The fraction of sp³-hybridized carbons (Fsp3) is 0.143. The van der Waals surface area contributed by atoms with Gasteiger partial charge in [0.25, 0.3) is 0 Å². The lowest BCUT2D eigenvalue weighted by atomic mass is 9.99. The smallest absolute Gasteiger partial charge is 0.221 e. The lowest BCUT2D eigenvalue weighted by molar-refractivity contribution is 0.399. The van der Waals surface area contributed by atoms with Gasteiger partial charge >= 0.3 is 0 Å². The molecular formula is C14H10Cl2N2O. The molecule has 0 aliphatic heterocycles. The highest BCUT2D eigenvalue weighted by atomic mass is 35.5. The van der Waals surface area contributed by atoms with Gasteiger partial charge in [-0.25, -0.2) is 4.98 Å². The summed E-state index contributed by atoms with van der Waals surface area (Å²) in [5.74, 6) is 0.442. The maximum Gasteiger partial charge on any atom is 0.221 e. The molecule has 0 saturated heterocycles. The summed E-state index contributed by atoms with van der Waals surface area (Å²) in [6, 6.07) is 9.10. The number of hydrogen-bond donors (Lipinski definition) is 0. The number of ether oxygens (including phenoxy) is 1. The topological polar surface area (TPSA) is 45.9 Å². The van der Waals surface area contributed by atoms with E-state index in [2.05, 4.69) is 11.1 Å². The molecular weight excluding hydrogens is 283 g/mol. The van der Waals surface area contributed by atoms with Crippen LogP contribution in [0.1, 0.15) is 5.56 Å². The summed E-state index contributed by atoms with van der Waals surface area (Å²) >= 11 is 12.1. The molecule has 0 aliphatic carbocycles. The largest absolute Gasteiger partial charge is 0.481 e. The summed E-state index contributed by atoms with van der Waals surface area (Å²) in [4.78, 5) is 4.16. The van der Waals surface area contributed by atoms with E-state index in [1.165, 1.54) is 7.11 Å². The Morgan fingerprint density at radius 1 is 1.32 bits per heavy atom. The van der Waals surface area contributed by atoms with Crippen molar-refractivity contribution in [2.45, 2.75) is 6.42 Å². The van der Waals surface area contributed by atoms with Gasteiger partial charge < -0.3 is 4.74 Å². The van der Waals surface area contributed by atoms with Gasteiger partial charge in [-0.3, -0.25) is 0 Å². The van der Waals surface area contributed by atoms with Crippen LogP contribution in [0.5, 0.6) is 5.88 Å². The number of nitrogens with zero attached hydrogens (tertiary/aromatic N) is 2. The number of rotatable bonds is 3. The van der Waals surface area contributed by atoms with Crippen molar-refractivity contribution >= 4 is 23.2 Å². The molecule has 3 nitrogen and oxygen atoms in total. The Morgan fingerprint density at radius 2 is 2.11 bits per heavy atom. The number of methoxy groups -OCH3 is 1. The SMILES string of the molecule is COc1nccc(CC#N)c1-c1ccc(Cl)cc1Cl. The fourth-order valence-corrected chi connectivity index (χ4v) is 2.35. The van der Waals surface area contributed by atoms with E-state index in [1.54, 1.807) is 30.5 Å². The Hall–Kier alpha value is -1.76. The third-order valence-electron chi connectivity index (χ3n) is 2.67. The van der Waals surface area contributed by atoms with E-state index in [4.69, 9.17) is 33.2 Å². The summed E-state index contributed by atoms with van der Waals surface area (Å²) in [5.41, 5.74) is 2.30. The van der Waals surface area contributed by atoms with Gasteiger partial charge in [-0.1, -0.05) is 29.3 Å². The molecule has 1 aromatic carbocycles. The maximum atomic E-state index is 8.90. The zero-order chi connectivity index (χ0) is 13.8. The Labute approximate surface area is 121 Å². The number of pyridine rings is 1. The third-order valence-corrected chi connectivity index (χ3v) is 3.21. The van der Waals surface area contributed by atoms with E-state index in [0.717, 1.165) is 16.7 Å². The number of nitriles is 1. The van der Waals surface area contributed by atoms with Gasteiger partial charge in [0.15, 0.2) is 0 Å². The number of hydrogen-bond acceptors (Lipinski definition) is 3. The molecule has 0 amide bonds. The van der Waals surface area contributed by atoms with E-state index in [0.29, 0.717) is 15.9 Å². The molecule has 0 unspecified atom stereocenters. The summed E-state index contributed by atoms with van der Waals surface area (Å²) < 4.78 is 5.26. The van der Waals surface area contributed by atoms with E-state index in [9.17, 15) is 0 Å². The molecule has 0 bridgehead atoms. The first kappa shape index (κ1) is 13.7. The molecule has 0 N–H and O–H groups in total. The zero-order valence-electron chi connectivity index (χ0n) is 10.2. The highest BCUT2D eigenvalue weighted by Gasteiger charge is 2.15. The summed E-state index contributed by atoms with van der Waals surface area (Å²) in [6.07, 6.45) is 1.87. The Balaban J connectivity index is 2.69. The minimum absolute atomic E-state index is 0.257.